The van der Waals surface area contributed by atoms with Gasteiger partial charge < -0.3 is 20.3 Å². The minimum atomic E-state index is -0.895. The van der Waals surface area contributed by atoms with Gasteiger partial charge >= 0.3 is 5.97 Å². The number of aryl methyl sites for hydroxylation is 2. The summed E-state index contributed by atoms with van der Waals surface area (Å²) in [5.74, 6) is -0.145. The lowest BCUT2D eigenvalue weighted by Crippen LogP contribution is -2.27. The number of fused-ring (bicyclic) bond motifs is 1. The Morgan fingerprint density at radius 3 is 2.75 bits per heavy atom. The summed E-state index contributed by atoms with van der Waals surface area (Å²) < 4.78 is 2.33. The van der Waals surface area contributed by atoms with Crippen LogP contribution in [0.3, 0.4) is 0 Å². The van der Waals surface area contributed by atoms with Crippen LogP contribution in [0.5, 0.6) is 0 Å². The average Bonchev–Trinajstić information content (AvgIpc) is 3.05. The molecule has 1 aromatic carbocycles. The number of amides is 1. The van der Waals surface area contributed by atoms with E-state index in [0.29, 0.717) is 12.8 Å². The Bertz CT molecular complexity index is 793. The van der Waals surface area contributed by atoms with Gasteiger partial charge in [-0.2, -0.15) is 0 Å². The molecule has 0 atom stereocenters. The van der Waals surface area contributed by atoms with Gasteiger partial charge in [-0.15, -0.1) is 0 Å². The van der Waals surface area contributed by atoms with Crippen LogP contribution in [-0.2, 0) is 22.6 Å². The van der Waals surface area contributed by atoms with E-state index in [-0.39, 0.29) is 18.9 Å². The molecule has 1 fully saturated rings. The molecule has 1 aromatic heterocycles. The van der Waals surface area contributed by atoms with Gasteiger partial charge in [0.15, 0.2) is 0 Å². The van der Waals surface area contributed by atoms with Crippen LogP contribution in [0, 0.1) is 5.92 Å². The van der Waals surface area contributed by atoms with Gasteiger partial charge in [-0.1, -0.05) is 18.2 Å². The molecule has 1 saturated heterocycles. The van der Waals surface area contributed by atoms with E-state index in [1.807, 2.05) is 6.07 Å². The number of hydrogen-bond acceptors (Lipinski definition) is 3. The van der Waals surface area contributed by atoms with Crippen LogP contribution in [0.4, 0.5) is 0 Å². The molecule has 2 aromatic rings. The van der Waals surface area contributed by atoms with Crippen molar-refractivity contribution < 1.29 is 14.7 Å². The first-order valence-corrected chi connectivity index (χ1v) is 10.4. The number of carbonyl (C=O) groups excluding carboxylic acids is 1. The maximum atomic E-state index is 12.0. The Morgan fingerprint density at radius 2 is 1.96 bits per heavy atom. The van der Waals surface area contributed by atoms with Crippen LogP contribution in [-0.4, -0.2) is 41.2 Å². The normalized spacial score (nSPS) is 15.0. The molecule has 0 spiro atoms. The number of carbonyl (C=O) groups is 2. The lowest BCUT2D eigenvalue weighted by atomic mass is 9.93. The van der Waals surface area contributed by atoms with Crippen LogP contribution in [0.2, 0.25) is 0 Å². The number of aliphatic carboxylic acids is 1. The lowest BCUT2D eigenvalue weighted by Gasteiger charge is -2.22. The molecular weight excluding hydrogens is 354 g/mol. The van der Waals surface area contributed by atoms with Crippen LogP contribution in [0.1, 0.15) is 44.1 Å². The number of hydrogen-bond donors (Lipinski definition) is 3. The summed E-state index contributed by atoms with van der Waals surface area (Å²) in [7, 11) is 0. The molecule has 6 nitrogen and oxygen atoms in total. The van der Waals surface area contributed by atoms with Crippen molar-refractivity contribution in [2.75, 3.05) is 19.6 Å². The number of aromatic nitrogens is 1. The van der Waals surface area contributed by atoms with Gasteiger partial charge in [-0.25, -0.2) is 0 Å². The van der Waals surface area contributed by atoms with Gasteiger partial charge in [-0.05, 0) is 62.7 Å². The molecule has 1 aliphatic heterocycles. The third-order valence-electron chi connectivity index (χ3n) is 5.62. The maximum absolute atomic E-state index is 12.0. The smallest absolute Gasteiger partial charge is 0.305 e. The fraction of sp³-hybridized carbons (Fsp3) is 0.545. The molecule has 3 N–H and O–H groups in total. The van der Waals surface area contributed by atoms with Crippen LogP contribution >= 0.6 is 0 Å². The van der Waals surface area contributed by atoms with Crippen molar-refractivity contribution in [3.05, 3.63) is 36.0 Å². The molecule has 0 aliphatic carbocycles. The number of para-hydroxylation sites is 1. The van der Waals surface area contributed by atoms with E-state index < -0.39 is 5.97 Å². The van der Waals surface area contributed by atoms with Crippen molar-refractivity contribution in [3.63, 3.8) is 0 Å². The Morgan fingerprint density at radius 1 is 1.18 bits per heavy atom. The summed E-state index contributed by atoms with van der Waals surface area (Å²) in [5.41, 5.74) is 2.42. The number of rotatable bonds is 10. The molecule has 0 bridgehead atoms. The molecule has 2 heterocycles. The van der Waals surface area contributed by atoms with Crippen molar-refractivity contribution in [3.8, 4) is 0 Å². The zero-order chi connectivity index (χ0) is 19.8. The third-order valence-corrected chi connectivity index (χ3v) is 5.62. The highest BCUT2D eigenvalue weighted by molar-refractivity contribution is 5.85. The highest BCUT2D eigenvalue weighted by atomic mass is 16.4. The molecule has 1 amide bonds. The van der Waals surface area contributed by atoms with Gasteiger partial charge in [0.05, 0.1) is 6.42 Å². The van der Waals surface area contributed by atoms with E-state index in [9.17, 15) is 9.59 Å². The first-order valence-electron chi connectivity index (χ1n) is 10.4. The maximum Gasteiger partial charge on any atom is 0.305 e. The van der Waals surface area contributed by atoms with E-state index in [1.165, 1.54) is 42.1 Å². The Labute approximate surface area is 166 Å². The Kier molecular flexibility index (Phi) is 7.48. The molecular formula is C22H31N3O3. The summed E-state index contributed by atoms with van der Waals surface area (Å²) in [6, 6.07) is 8.37. The molecule has 6 heteroatoms. The minimum Gasteiger partial charge on any atom is -0.481 e. The monoisotopic (exact) mass is 385 g/mol. The van der Waals surface area contributed by atoms with Gasteiger partial charge in [0.1, 0.15) is 0 Å². The quantitative estimate of drug-likeness (QED) is 0.587. The number of nitrogens with zero attached hydrogens (tertiary/aromatic N) is 1. The fourth-order valence-corrected chi connectivity index (χ4v) is 4.07. The second-order valence-electron chi connectivity index (χ2n) is 7.69. The van der Waals surface area contributed by atoms with E-state index in [0.717, 1.165) is 25.6 Å². The highest BCUT2D eigenvalue weighted by Crippen LogP contribution is 2.24. The fourth-order valence-electron chi connectivity index (χ4n) is 4.07. The molecule has 0 saturated carbocycles. The first-order chi connectivity index (χ1) is 13.6. The molecule has 0 radical (unpaired) electrons. The number of benzene rings is 1. The Hall–Kier alpha value is -2.34. The van der Waals surface area contributed by atoms with E-state index in [2.05, 4.69) is 39.6 Å². The highest BCUT2D eigenvalue weighted by Gasteiger charge is 2.14. The van der Waals surface area contributed by atoms with Crippen molar-refractivity contribution in [1.82, 2.24) is 15.2 Å². The number of nitrogens with one attached hydrogen (secondary N) is 2. The van der Waals surface area contributed by atoms with Crippen LogP contribution < -0.4 is 10.6 Å². The summed E-state index contributed by atoms with van der Waals surface area (Å²) >= 11 is 0. The number of carboxylic acids is 1. The summed E-state index contributed by atoms with van der Waals surface area (Å²) in [6.45, 7) is 3.49. The average molecular weight is 386 g/mol. The summed E-state index contributed by atoms with van der Waals surface area (Å²) in [5, 5.41) is 16.0. The van der Waals surface area contributed by atoms with Gasteiger partial charge in [0.2, 0.25) is 5.91 Å². The molecule has 3 rings (SSSR count). The Balaban J connectivity index is 1.55. The standard InChI is InChI=1S/C22H31N3O3/c26-21(24-14-11-22(27)28)8-7-18-16-25(20-6-2-1-5-19(18)20)15-3-4-17-9-12-23-13-10-17/h1-2,5-6,16-17,23H,3-4,7-15H2,(H,24,26)(H,27,28). The topological polar surface area (TPSA) is 83.4 Å². The van der Waals surface area contributed by atoms with E-state index >= 15 is 0 Å². The SMILES string of the molecule is O=C(O)CCNC(=O)CCc1cn(CCCC2CCNCC2)c2ccccc12. The van der Waals surface area contributed by atoms with Crippen molar-refractivity contribution in [2.24, 2.45) is 5.92 Å². The predicted molar refractivity (Wildman–Crippen MR) is 110 cm³/mol. The largest absolute Gasteiger partial charge is 0.481 e. The van der Waals surface area contributed by atoms with E-state index in [1.54, 1.807) is 0 Å². The lowest BCUT2D eigenvalue weighted by molar-refractivity contribution is -0.136. The summed E-state index contributed by atoms with van der Waals surface area (Å²) in [6.07, 6.45) is 8.22. The van der Waals surface area contributed by atoms with Crippen molar-refractivity contribution in [2.45, 2.75) is 51.5 Å². The zero-order valence-electron chi connectivity index (χ0n) is 16.5. The summed E-state index contributed by atoms with van der Waals surface area (Å²) in [4.78, 5) is 22.5. The predicted octanol–water partition coefficient (Wildman–Crippen LogP) is 2.94. The second-order valence-corrected chi connectivity index (χ2v) is 7.69. The van der Waals surface area contributed by atoms with Gasteiger partial charge in [0.25, 0.3) is 0 Å². The first kappa shape index (κ1) is 20.4. The minimum absolute atomic E-state index is 0.0396. The molecule has 0 unspecified atom stereocenters. The molecule has 152 valence electrons. The zero-order valence-corrected chi connectivity index (χ0v) is 16.5. The second kappa shape index (κ2) is 10.3. The van der Waals surface area contributed by atoms with Crippen molar-refractivity contribution >= 4 is 22.8 Å². The van der Waals surface area contributed by atoms with Crippen molar-refractivity contribution in [1.29, 1.82) is 0 Å². The van der Waals surface area contributed by atoms with E-state index in [4.69, 9.17) is 5.11 Å². The molecule has 28 heavy (non-hydrogen) atoms. The number of carboxylic acid groups (broad SMARTS) is 1. The van der Waals surface area contributed by atoms with Gasteiger partial charge in [-0.3, -0.25) is 9.59 Å². The third kappa shape index (κ3) is 5.83. The number of piperidine rings is 1. The van der Waals surface area contributed by atoms with Gasteiger partial charge in [0, 0.05) is 36.6 Å². The van der Waals surface area contributed by atoms with Crippen LogP contribution in [0.25, 0.3) is 10.9 Å². The molecule has 1 aliphatic rings. The van der Waals surface area contributed by atoms with Crippen LogP contribution in [0.15, 0.2) is 30.5 Å².